The van der Waals surface area contributed by atoms with Crippen molar-refractivity contribution in [3.8, 4) is 0 Å². The summed E-state index contributed by atoms with van der Waals surface area (Å²) < 4.78 is 6.21. The summed E-state index contributed by atoms with van der Waals surface area (Å²) in [5.74, 6) is -0.0398. The summed E-state index contributed by atoms with van der Waals surface area (Å²) in [5, 5.41) is 5.20. The number of benzene rings is 1. The van der Waals surface area contributed by atoms with E-state index in [0.29, 0.717) is 12.3 Å². The Hall–Kier alpha value is -1.76. The lowest BCUT2D eigenvalue weighted by Gasteiger charge is -2.34. The molecule has 2 fully saturated rings. The van der Waals surface area contributed by atoms with Gasteiger partial charge in [0.15, 0.2) is 0 Å². The van der Waals surface area contributed by atoms with Crippen molar-refractivity contribution in [3.63, 3.8) is 0 Å². The maximum atomic E-state index is 13.1. The fourth-order valence-electron chi connectivity index (χ4n) is 3.74. The third kappa shape index (κ3) is 2.97. The van der Waals surface area contributed by atoms with Crippen LogP contribution in [0.1, 0.15) is 29.8 Å². The quantitative estimate of drug-likeness (QED) is 0.931. The zero-order chi connectivity index (χ0) is 16.4. The normalized spacial score (nSPS) is 22.6. The Morgan fingerprint density at radius 1 is 1.29 bits per heavy atom. The van der Waals surface area contributed by atoms with Crippen molar-refractivity contribution >= 4 is 22.9 Å². The molecule has 6 heteroatoms. The molecule has 1 aromatic carbocycles. The van der Waals surface area contributed by atoms with Crippen LogP contribution < -0.4 is 10.2 Å². The Balaban J connectivity index is 1.62. The van der Waals surface area contributed by atoms with E-state index in [-0.39, 0.29) is 17.6 Å². The molecule has 1 amide bonds. The summed E-state index contributed by atoms with van der Waals surface area (Å²) in [7, 11) is 0. The van der Waals surface area contributed by atoms with E-state index < -0.39 is 0 Å². The summed E-state index contributed by atoms with van der Waals surface area (Å²) in [5.41, 5.74) is 3.05. The average molecular weight is 343 g/mol. The smallest absolute Gasteiger partial charge is 0.278 e. The van der Waals surface area contributed by atoms with Gasteiger partial charge in [0.2, 0.25) is 0 Å². The van der Waals surface area contributed by atoms with E-state index in [4.69, 9.17) is 4.74 Å². The molecule has 2 aliphatic heterocycles. The molecule has 0 saturated carbocycles. The van der Waals surface area contributed by atoms with Gasteiger partial charge in [-0.05, 0) is 44.5 Å². The third-order valence-electron chi connectivity index (χ3n) is 4.97. The molecule has 2 saturated heterocycles. The number of nitrogens with zero attached hydrogens (tertiary/aromatic N) is 2. The molecule has 2 aliphatic rings. The molecule has 1 N–H and O–H groups in total. The number of carbonyl (C=O) groups excluding carboxylic acids is 1. The number of nitrogens with one attached hydrogen (secondary N) is 1. The van der Waals surface area contributed by atoms with Gasteiger partial charge in [-0.3, -0.25) is 4.79 Å². The maximum absolute atomic E-state index is 13.1. The van der Waals surface area contributed by atoms with Crippen LogP contribution in [0.4, 0.5) is 5.69 Å². The predicted octanol–water partition coefficient (Wildman–Crippen LogP) is 2.70. The van der Waals surface area contributed by atoms with Crippen molar-refractivity contribution in [3.05, 3.63) is 46.9 Å². The first-order valence-corrected chi connectivity index (χ1v) is 9.33. The molecular formula is C18H21N3O2S. The maximum Gasteiger partial charge on any atom is 0.278 e. The number of anilines is 1. The lowest BCUT2D eigenvalue weighted by molar-refractivity contribution is -0.0193. The molecule has 2 aromatic rings. The topological polar surface area (TPSA) is 54.5 Å². The zero-order valence-corrected chi connectivity index (χ0v) is 14.3. The number of hydrogen-bond acceptors (Lipinski definition) is 5. The second kappa shape index (κ2) is 6.63. The molecule has 0 radical (unpaired) electrons. The van der Waals surface area contributed by atoms with E-state index >= 15 is 0 Å². The molecule has 4 rings (SSSR count). The number of amides is 1. The van der Waals surface area contributed by atoms with E-state index in [1.807, 2.05) is 40.6 Å². The molecule has 24 heavy (non-hydrogen) atoms. The Bertz CT molecular complexity index is 684. The number of thiazole rings is 1. The van der Waals surface area contributed by atoms with Crippen LogP contribution in [0.5, 0.6) is 0 Å². The van der Waals surface area contributed by atoms with Crippen molar-refractivity contribution in [1.82, 2.24) is 10.3 Å². The van der Waals surface area contributed by atoms with Gasteiger partial charge >= 0.3 is 0 Å². The fraction of sp³-hybridized carbons (Fsp3) is 0.444. The van der Waals surface area contributed by atoms with Crippen LogP contribution in [0.3, 0.4) is 0 Å². The molecule has 5 nitrogen and oxygen atoms in total. The van der Waals surface area contributed by atoms with Crippen molar-refractivity contribution < 1.29 is 9.53 Å². The number of piperidine rings is 1. The van der Waals surface area contributed by atoms with E-state index in [0.717, 1.165) is 38.0 Å². The Labute approximate surface area is 145 Å². The van der Waals surface area contributed by atoms with Gasteiger partial charge in [0.1, 0.15) is 5.69 Å². The second-order valence-electron chi connectivity index (χ2n) is 6.49. The van der Waals surface area contributed by atoms with Gasteiger partial charge in [-0.2, -0.15) is 0 Å². The van der Waals surface area contributed by atoms with Crippen LogP contribution >= 0.6 is 11.3 Å². The van der Waals surface area contributed by atoms with E-state index in [2.05, 4.69) is 10.3 Å². The number of aromatic nitrogens is 1. The third-order valence-corrected chi connectivity index (χ3v) is 5.56. The summed E-state index contributed by atoms with van der Waals surface area (Å²) in [4.78, 5) is 19.2. The first-order chi connectivity index (χ1) is 11.8. The van der Waals surface area contributed by atoms with Crippen molar-refractivity contribution in [2.45, 2.75) is 30.9 Å². The molecule has 1 spiro atoms. The predicted molar refractivity (Wildman–Crippen MR) is 94.6 cm³/mol. The van der Waals surface area contributed by atoms with Gasteiger partial charge in [-0.1, -0.05) is 18.2 Å². The number of carbonyl (C=O) groups is 1. The highest BCUT2D eigenvalue weighted by atomic mass is 32.1. The SMILES string of the molecule is O=C(c1cscn1)N(c1ccccc1)[C@H]1COC2(CCNCC2)C1. The lowest BCUT2D eigenvalue weighted by Crippen LogP contribution is -2.44. The van der Waals surface area contributed by atoms with Gasteiger partial charge in [0.25, 0.3) is 5.91 Å². The first kappa shape index (κ1) is 15.7. The molecule has 1 atom stereocenters. The van der Waals surface area contributed by atoms with Crippen LogP contribution in [0.25, 0.3) is 0 Å². The van der Waals surface area contributed by atoms with Gasteiger partial charge in [-0.25, -0.2) is 4.98 Å². The Kier molecular flexibility index (Phi) is 4.35. The molecule has 3 heterocycles. The van der Waals surface area contributed by atoms with Gasteiger partial charge in [-0.15, -0.1) is 11.3 Å². The van der Waals surface area contributed by atoms with Crippen molar-refractivity contribution in [2.75, 3.05) is 24.6 Å². The molecule has 0 bridgehead atoms. The van der Waals surface area contributed by atoms with Crippen LogP contribution in [0, 0.1) is 0 Å². The standard InChI is InChI=1S/C18H21N3O2S/c22-17(16-12-24-13-20-16)21(14-4-2-1-3-5-14)15-10-18(23-11-15)6-8-19-9-7-18/h1-5,12-13,15,19H,6-11H2/t15-/m1/s1. The molecule has 0 aliphatic carbocycles. The van der Waals surface area contributed by atoms with Crippen molar-refractivity contribution in [2.24, 2.45) is 0 Å². The fourth-order valence-corrected chi connectivity index (χ4v) is 4.27. The van der Waals surface area contributed by atoms with Gasteiger partial charge < -0.3 is 15.0 Å². The highest BCUT2D eigenvalue weighted by molar-refractivity contribution is 7.07. The van der Waals surface area contributed by atoms with Crippen LogP contribution in [0.15, 0.2) is 41.2 Å². The number of para-hydroxylation sites is 1. The highest BCUT2D eigenvalue weighted by Crippen LogP contribution is 2.37. The first-order valence-electron chi connectivity index (χ1n) is 8.39. The largest absolute Gasteiger partial charge is 0.373 e. The molecule has 1 aromatic heterocycles. The van der Waals surface area contributed by atoms with Crippen LogP contribution in [0.2, 0.25) is 0 Å². The van der Waals surface area contributed by atoms with Crippen molar-refractivity contribution in [1.29, 1.82) is 0 Å². The van der Waals surface area contributed by atoms with Crippen LogP contribution in [-0.4, -0.2) is 42.2 Å². The number of hydrogen-bond donors (Lipinski definition) is 1. The van der Waals surface area contributed by atoms with Crippen LogP contribution in [-0.2, 0) is 4.74 Å². The second-order valence-corrected chi connectivity index (χ2v) is 7.21. The lowest BCUT2D eigenvalue weighted by atomic mass is 9.88. The zero-order valence-electron chi connectivity index (χ0n) is 13.5. The summed E-state index contributed by atoms with van der Waals surface area (Å²) in [6.45, 7) is 2.56. The minimum absolute atomic E-state index is 0.0398. The average Bonchev–Trinajstić information content (AvgIpc) is 3.28. The number of rotatable bonds is 3. The summed E-state index contributed by atoms with van der Waals surface area (Å²) in [6, 6.07) is 9.92. The van der Waals surface area contributed by atoms with E-state index in [9.17, 15) is 4.79 Å². The minimum atomic E-state index is -0.0781. The summed E-state index contributed by atoms with van der Waals surface area (Å²) >= 11 is 1.45. The van der Waals surface area contributed by atoms with Gasteiger partial charge in [0.05, 0.1) is 23.8 Å². The van der Waals surface area contributed by atoms with Gasteiger partial charge in [0, 0.05) is 11.1 Å². The molecule has 126 valence electrons. The van der Waals surface area contributed by atoms with E-state index in [1.165, 1.54) is 11.3 Å². The highest BCUT2D eigenvalue weighted by Gasteiger charge is 2.44. The Morgan fingerprint density at radius 2 is 2.08 bits per heavy atom. The Morgan fingerprint density at radius 3 is 2.79 bits per heavy atom. The monoisotopic (exact) mass is 343 g/mol. The molecule has 0 unspecified atom stereocenters. The minimum Gasteiger partial charge on any atom is -0.373 e. The van der Waals surface area contributed by atoms with E-state index in [1.54, 1.807) is 5.51 Å². The molecular weight excluding hydrogens is 322 g/mol. The summed E-state index contributed by atoms with van der Waals surface area (Å²) in [6.07, 6.45) is 2.91. The number of ether oxygens (including phenoxy) is 1.